The van der Waals surface area contributed by atoms with Gasteiger partial charge in [-0.1, -0.05) is 0 Å². The van der Waals surface area contributed by atoms with Gasteiger partial charge in [-0.15, -0.1) is 0 Å². The van der Waals surface area contributed by atoms with Crippen molar-refractivity contribution in [3.8, 4) is 0 Å². The molecule has 0 aliphatic rings. The van der Waals surface area contributed by atoms with Crippen molar-refractivity contribution in [3.05, 3.63) is 132 Å². The predicted molar refractivity (Wildman–Crippen MR) is 119 cm³/mol. The van der Waals surface area contributed by atoms with E-state index >= 15 is 0 Å². The third-order valence-electron chi connectivity index (χ3n) is 4.87. The van der Waals surface area contributed by atoms with Gasteiger partial charge in [0.2, 0.25) is 0 Å². The molecule has 0 atom stereocenters. The average molecular weight is 470 g/mol. The van der Waals surface area contributed by atoms with Gasteiger partial charge < -0.3 is 0 Å². The van der Waals surface area contributed by atoms with Gasteiger partial charge in [-0.3, -0.25) is 0 Å². The molecule has 0 aromatic heterocycles. The van der Waals surface area contributed by atoms with E-state index in [1.807, 2.05) is 0 Å². The van der Waals surface area contributed by atoms with Crippen molar-refractivity contribution < 1.29 is 3.07 Å². The Labute approximate surface area is 174 Å². The van der Waals surface area contributed by atoms with Crippen LogP contribution < -0.4 is 7.16 Å². The van der Waals surface area contributed by atoms with Gasteiger partial charge in [-0.25, -0.2) is 0 Å². The molecule has 0 spiro atoms. The summed E-state index contributed by atoms with van der Waals surface area (Å²) in [5, 5.41) is 0. The molecule has 28 heavy (non-hydrogen) atoms. The first-order valence-corrected chi connectivity index (χ1v) is 13.6. The van der Waals surface area contributed by atoms with E-state index in [1.165, 1.54) is 18.3 Å². The summed E-state index contributed by atoms with van der Waals surface area (Å²) in [6, 6.07) is 42.9. The molecule has 0 bridgehead atoms. The van der Waals surface area contributed by atoms with E-state index in [9.17, 15) is 0 Å². The average Bonchev–Trinajstić information content (AvgIpc) is 2.79. The minimum absolute atomic E-state index is 0.241. The second kappa shape index (κ2) is 9.72. The van der Waals surface area contributed by atoms with Crippen molar-refractivity contribution in [2.45, 2.75) is 5.92 Å². The molecule has 4 aromatic carbocycles. The van der Waals surface area contributed by atoms with Crippen molar-refractivity contribution in [3.63, 3.8) is 0 Å². The van der Waals surface area contributed by atoms with Crippen LogP contribution >= 0.6 is 0 Å². The van der Waals surface area contributed by atoms with Crippen LogP contribution in [-0.2, 0) is 3.07 Å². The zero-order valence-electron chi connectivity index (χ0n) is 15.7. The van der Waals surface area contributed by atoms with Crippen molar-refractivity contribution in [2.24, 2.45) is 0 Å². The molecule has 0 aliphatic heterocycles. The van der Waals surface area contributed by atoms with Crippen LogP contribution in [0.3, 0.4) is 0 Å². The van der Waals surface area contributed by atoms with Crippen molar-refractivity contribution >= 4 is 27.3 Å². The molecule has 4 rings (SSSR count). The van der Waals surface area contributed by atoms with Crippen LogP contribution in [0.5, 0.6) is 0 Å². The van der Waals surface area contributed by atoms with E-state index in [1.54, 1.807) is 0 Å². The normalized spacial score (nSPS) is 11.1. The van der Waals surface area contributed by atoms with Crippen molar-refractivity contribution in [1.29, 1.82) is 0 Å². The van der Waals surface area contributed by atoms with Gasteiger partial charge in [0.25, 0.3) is 0 Å². The fourth-order valence-corrected chi connectivity index (χ4v) is 9.12. The minimum atomic E-state index is -2.45. The van der Waals surface area contributed by atoms with E-state index in [-0.39, 0.29) is 5.92 Å². The number of hydrogen-bond acceptors (Lipinski definition) is 1. The molecule has 0 saturated carbocycles. The molecular formula is C26H23OSn. The topological polar surface area (TPSA) is 9.23 Å². The Hall–Kier alpha value is -2.36. The third-order valence-corrected chi connectivity index (χ3v) is 11.1. The Morgan fingerprint density at radius 2 is 0.857 bits per heavy atom. The van der Waals surface area contributed by atoms with Crippen molar-refractivity contribution in [2.75, 3.05) is 6.61 Å². The standard InChI is InChI=1S/C14H13O.2C6H5.Sn/c15-11-14(12-7-3-1-4-8-12)13-9-5-2-6-10-13;2*1-2-4-6-5-3-1;/h1-10,14H,11H2;2*1-5H;/q-1;;;+1. The summed E-state index contributed by atoms with van der Waals surface area (Å²) in [6.07, 6.45) is 0. The molecule has 0 saturated heterocycles. The van der Waals surface area contributed by atoms with Gasteiger partial charge in [0.15, 0.2) is 0 Å². The van der Waals surface area contributed by atoms with Crippen LogP contribution in [0.1, 0.15) is 17.0 Å². The summed E-state index contributed by atoms with van der Waals surface area (Å²) in [5.41, 5.74) is 2.61. The molecule has 137 valence electrons. The molecule has 0 aliphatic carbocycles. The summed E-state index contributed by atoms with van der Waals surface area (Å²) in [4.78, 5) is 0. The zero-order chi connectivity index (χ0) is 19.0. The fourth-order valence-electron chi connectivity index (χ4n) is 3.43. The second-order valence-corrected chi connectivity index (χ2v) is 12.7. The molecule has 0 fully saturated rings. The van der Waals surface area contributed by atoms with E-state index in [0.717, 1.165) is 0 Å². The Balaban J connectivity index is 1.64. The molecular weight excluding hydrogens is 447 g/mol. The first-order valence-electron chi connectivity index (χ1n) is 9.62. The molecule has 2 heteroatoms. The van der Waals surface area contributed by atoms with Crippen LogP contribution in [0.2, 0.25) is 0 Å². The van der Waals surface area contributed by atoms with Crippen LogP contribution in [0, 0.1) is 0 Å². The predicted octanol–water partition coefficient (Wildman–Crippen LogP) is 4.64. The molecule has 0 amide bonds. The summed E-state index contributed by atoms with van der Waals surface area (Å²) < 4.78 is 9.52. The van der Waals surface area contributed by atoms with Gasteiger partial charge in [-0.2, -0.15) is 0 Å². The Morgan fingerprint density at radius 1 is 0.500 bits per heavy atom. The molecule has 0 heterocycles. The van der Waals surface area contributed by atoms with Crippen LogP contribution in [0.25, 0.3) is 0 Å². The van der Waals surface area contributed by atoms with Gasteiger partial charge in [0, 0.05) is 0 Å². The van der Waals surface area contributed by atoms with Gasteiger partial charge >= 0.3 is 175 Å². The Kier molecular flexibility index (Phi) is 6.59. The molecule has 1 nitrogen and oxygen atoms in total. The summed E-state index contributed by atoms with van der Waals surface area (Å²) in [5.74, 6) is 0.241. The fraction of sp³-hybridized carbons (Fsp3) is 0.0769. The van der Waals surface area contributed by atoms with Crippen molar-refractivity contribution in [1.82, 2.24) is 0 Å². The summed E-state index contributed by atoms with van der Waals surface area (Å²) >= 11 is -2.45. The summed E-state index contributed by atoms with van der Waals surface area (Å²) in [7, 11) is 0. The number of benzene rings is 4. The van der Waals surface area contributed by atoms with Crippen LogP contribution in [0.15, 0.2) is 121 Å². The van der Waals surface area contributed by atoms with E-state index in [0.29, 0.717) is 6.61 Å². The van der Waals surface area contributed by atoms with Gasteiger partial charge in [-0.05, 0) is 0 Å². The maximum absolute atomic E-state index is 6.78. The van der Waals surface area contributed by atoms with Crippen LogP contribution in [0.4, 0.5) is 0 Å². The van der Waals surface area contributed by atoms with E-state index in [2.05, 4.69) is 121 Å². The second-order valence-electron chi connectivity index (χ2n) is 6.75. The monoisotopic (exact) mass is 471 g/mol. The van der Waals surface area contributed by atoms with Gasteiger partial charge in [0.05, 0.1) is 0 Å². The van der Waals surface area contributed by atoms with E-state index < -0.39 is 20.2 Å². The molecule has 1 radical (unpaired) electrons. The SMILES string of the molecule is c1ccc(C(C[O][Sn]([c]2ccccc2)[c]2ccccc2)c2ccccc2)cc1. The van der Waals surface area contributed by atoms with Crippen LogP contribution in [-0.4, -0.2) is 26.8 Å². The first kappa shape index (κ1) is 19.0. The first-order chi connectivity index (χ1) is 13.9. The van der Waals surface area contributed by atoms with E-state index in [4.69, 9.17) is 3.07 Å². The van der Waals surface area contributed by atoms with Gasteiger partial charge in [0.1, 0.15) is 0 Å². The quantitative estimate of drug-likeness (QED) is 0.358. The Bertz CT molecular complexity index is 794. The molecule has 0 N–H and O–H groups in total. The number of hydrogen-bond donors (Lipinski definition) is 0. The Morgan fingerprint density at radius 3 is 1.25 bits per heavy atom. The molecule has 4 aromatic rings. The molecule has 0 unspecified atom stereocenters. The third kappa shape index (κ3) is 4.72. The zero-order valence-corrected chi connectivity index (χ0v) is 18.6. The number of rotatable bonds is 7. The maximum atomic E-state index is 6.78. The summed E-state index contributed by atoms with van der Waals surface area (Å²) in [6.45, 7) is 0.701.